The predicted octanol–water partition coefficient (Wildman–Crippen LogP) is 5.18. The first-order valence-corrected chi connectivity index (χ1v) is 17.7. The lowest BCUT2D eigenvalue weighted by Crippen LogP contribution is -2.62. The first-order chi connectivity index (χ1) is 25.4. The SMILES string of the molecule is O=C(O)C[C@H](O)CC(=O)N1C[C@H]2CC(c3ccc(CCCOc4c(F)ccc(F)c4F)cc3)=C(C(=O)N(CCc3cccc(F)c3F)C3CC3)[C@@H](C1)N2. The summed E-state index contributed by atoms with van der Waals surface area (Å²) in [6.07, 6.45) is 0.519. The molecule has 2 bridgehead atoms. The van der Waals surface area contributed by atoms with E-state index in [0.29, 0.717) is 30.9 Å². The summed E-state index contributed by atoms with van der Waals surface area (Å²) in [5.41, 5.74) is 3.03. The molecule has 3 aromatic rings. The Bertz CT molecular complexity index is 1890. The van der Waals surface area contributed by atoms with Gasteiger partial charge in [-0.05, 0) is 79.0 Å². The fourth-order valence-corrected chi connectivity index (χ4v) is 7.11. The van der Waals surface area contributed by atoms with Crippen LogP contribution in [0.4, 0.5) is 22.0 Å². The van der Waals surface area contributed by atoms with Crippen LogP contribution < -0.4 is 10.1 Å². The Morgan fingerprint density at radius 3 is 2.32 bits per heavy atom. The zero-order valence-electron chi connectivity index (χ0n) is 28.8. The van der Waals surface area contributed by atoms with Crippen LogP contribution in [0.3, 0.4) is 0 Å². The number of benzene rings is 3. The van der Waals surface area contributed by atoms with Gasteiger partial charge in [-0.3, -0.25) is 14.4 Å². The van der Waals surface area contributed by atoms with Crippen LogP contribution in [0.25, 0.3) is 5.57 Å². The molecule has 2 fully saturated rings. The van der Waals surface area contributed by atoms with Gasteiger partial charge in [0.05, 0.1) is 31.6 Å². The highest BCUT2D eigenvalue weighted by Crippen LogP contribution is 2.37. The number of carboxylic acid groups (broad SMARTS) is 1. The van der Waals surface area contributed by atoms with Gasteiger partial charge in [-0.1, -0.05) is 36.4 Å². The number of carboxylic acids is 1. The number of carbonyl (C=O) groups is 3. The quantitative estimate of drug-likeness (QED) is 0.112. The normalized spacial score (nSPS) is 18.9. The highest BCUT2D eigenvalue weighted by Gasteiger charge is 2.43. The number of aliphatic hydroxyl groups is 1. The lowest BCUT2D eigenvalue weighted by Gasteiger charge is -2.45. The van der Waals surface area contributed by atoms with Crippen LogP contribution in [0, 0.1) is 29.1 Å². The Balaban J connectivity index is 1.22. The highest BCUT2D eigenvalue weighted by atomic mass is 19.2. The smallest absolute Gasteiger partial charge is 0.305 e. The highest BCUT2D eigenvalue weighted by molar-refractivity contribution is 6.03. The number of piperazine rings is 1. The average molecular weight is 742 g/mol. The second-order valence-corrected chi connectivity index (χ2v) is 13.8. The first-order valence-electron chi connectivity index (χ1n) is 17.7. The minimum absolute atomic E-state index is 0.0586. The number of aliphatic hydroxyl groups excluding tert-OH is 1. The Labute approximate surface area is 303 Å². The van der Waals surface area contributed by atoms with Gasteiger partial charge in [0.1, 0.15) is 0 Å². The Kier molecular flexibility index (Phi) is 11.8. The van der Waals surface area contributed by atoms with Gasteiger partial charge in [0.2, 0.25) is 11.7 Å². The molecule has 2 heterocycles. The Morgan fingerprint density at radius 2 is 1.60 bits per heavy atom. The van der Waals surface area contributed by atoms with Crippen molar-refractivity contribution in [3.05, 3.63) is 106 Å². The fraction of sp³-hybridized carbons (Fsp3) is 0.410. The van der Waals surface area contributed by atoms with Crippen LogP contribution in [0.5, 0.6) is 5.75 Å². The maximum atomic E-state index is 14.6. The lowest BCUT2D eigenvalue weighted by molar-refractivity contribution is -0.141. The summed E-state index contributed by atoms with van der Waals surface area (Å²) >= 11 is 0. The van der Waals surface area contributed by atoms with E-state index in [1.807, 2.05) is 24.3 Å². The van der Waals surface area contributed by atoms with Gasteiger partial charge in [-0.2, -0.15) is 4.39 Å². The molecule has 3 N–H and O–H groups in total. The molecule has 0 aromatic heterocycles. The van der Waals surface area contributed by atoms with Crippen molar-refractivity contribution in [1.82, 2.24) is 15.1 Å². The molecule has 53 heavy (non-hydrogen) atoms. The second kappa shape index (κ2) is 16.5. The zero-order chi connectivity index (χ0) is 37.8. The van der Waals surface area contributed by atoms with Crippen LogP contribution in [-0.2, 0) is 27.2 Å². The number of hydrogen-bond acceptors (Lipinski definition) is 6. The fourth-order valence-electron chi connectivity index (χ4n) is 7.11. The number of halogens is 5. The summed E-state index contributed by atoms with van der Waals surface area (Å²) in [6, 6.07) is 12.0. The van der Waals surface area contributed by atoms with Crippen molar-refractivity contribution in [3.8, 4) is 5.75 Å². The molecular formula is C39H40F5N3O6. The summed E-state index contributed by atoms with van der Waals surface area (Å²) < 4.78 is 75.1. The molecule has 2 amide bonds. The van der Waals surface area contributed by atoms with Crippen LogP contribution in [0.15, 0.2) is 60.2 Å². The van der Waals surface area contributed by atoms with Gasteiger partial charge in [-0.15, -0.1) is 0 Å². The van der Waals surface area contributed by atoms with Crippen LogP contribution in [0.1, 0.15) is 55.2 Å². The molecule has 282 valence electrons. The third-order valence-corrected chi connectivity index (χ3v) is 9.87. The molecule has 6 rings (SSSR count). The molecule has 0 radical (unpaired) electrons. The first kappa shape index (κ1) is 37.9. The van der Waals surface area contributed by atoms with E-state index in [1.165, 1.54) is 17.0 Å². The maximum absolute atomic E-state index is 14.6. The van der Waals surface area contributed by atoms with Crippen molar-refractivity contribution in [2.75, 3.05) is 26.2 Å². The molecule has 1 aliphatic carbocycles. The third kappa shape index (κ3) is 9.05. The number of fused-ring (bicyclic) bond motifs is 2. The molecule has 0 spiro atoms. The summed E-state index contributed by atoms with van der Waals surface area (Å²) in [5, 5.41) is 22.7. The lowest BCUT2D eigenvalue weighted by atomic mass is 9.82. The van der Waals surface area contributed by atoms with Gasteiger partial charge in [0.15, 0.2) is 29.0 Å². The number of ether oxygens (including phenoxy) is 1. The molecule has 2 aliphatic heterocycles. The van der Waals surface area contributed by atoms with Crippen LogP contribution in [-0.4, -0.2) is 88.3 Å². The van der Waals surface area contributed by atoms with Crippen molar-refractivity contribution in [3.63, 3.8) is 0 Å². The van der Waals surface area contributed by atoms with E-state index in [1.54, 1.807) is 4.90 Å². The average Bonchev–Trinajstić information content (AvgIpc) is 3.96. The number of aliphatic carboxylic acids is 1. The number of carbonyl (C=O) groups excluding carboxylic acids is 2. The minimum atomic E-state index is -1.38. The van der Waals surface area contributed by atoms with Crippen molar-refractivity contribution in [2.24, 2.45) is 0 Å². The van der Waals surface area contributed by atoms with E-state index in [4.69, 9.17) is 9.84 Å². The standard InChI is InChI=1S/C39H40F5N3O6/c40-29-5-1-4-24(36(29)43)14-15-47(26-10-11-26)39(52)35-28(17-25-20-46(21-32(35)45-25)33(49)18-27(48)19-34(50)51)23-8-6-22(7-9-23)3-2-16-53-38-31(42)13-12-30(41)37(38)44/h1,4-9,12-13,25-27,32,45,48H,2-3,10-11,14-21H2,(H,50,51)/t25-,27-,32-/m1/s1. The number of nitrogens with one attached hydrogen (secondary N) is 1. The number of hydrogen-bond donors (Lipinski definition) is 3. The van der Waals surface area contributed by atoms with E-state index in [-0.39, 0.29) is 62.6 Å². The number of rotatable bonds is 15. The zero-order valence-corrected chi connectivity index (χ0v) is 28.8. The van der Waals surface area contributed by atoms with Gasteiger partial charge in [-0.25, -0.2) is 17.6 Å². The monoisotopic (exact) mass is 741 g/mol. The van der Waals surface area contributed by atoms with Gasteiger partial charge in [0, 0.05) is 37.3 Å². The summed E-state index contributed by atoms with van der Waals surface area (Å²) in [6.45, 7) is 0.458. The van der Waals surface area contributed by atoms with E-state index in [2.05, 4.69) is 5.32 Å². The van der Waals surface area contributed by atoms with Crippen LogP contribution in [0.2, 0.25) is 0 Å². The summed E-state index contributed by atoms with van der Waals surface area (Å²) in [4.78, 5) is 42.1. The van der Waals surface area contributed by atoms with Crippen molar-refractivity contribution in [1.29, 1.82) is 0 Å². The van der Waals surface area contributed by atoms with E-state index in [9.17, 15) is 41.4 Å². The number of amides is 2. The minimum Gasteiger partial charge on any atom is -0.488 e. The molecular weight excluding hydrogens is 701 g/mol. The summed E-state index contributed by atoms with van der Waals surface area (Å²) in [7, 11) is 0. The topological polar surface area (TPSA) is 119 Å². The summed E-state index contributed by atoms with van der Waals surface area (Å²) in [5.74, 6) is -8.22. The van der Waals surface area contributed by atoms with Gasteiger partial charge >= 0.3 is 5.97 Å². The molecule has 9 nitrogen and oxygen atoms in total. The van der Waals surface area contributed by atoms with E-state index >= 15 is 0 Å². The number of nitrogens with zero attached hydrogens (tertiary/aromatic N) is 2. The number of aryl methyl sites for hydroxylation is 1. The molecule has 3 atom stereocenters. The van der Waals surface area contributed by atoms with Crippen molar-refractivity contribution >= 4 is 23.4 Å². The second-order valence-electron chi connectivity index (χ2n) is 13.8. The Hall–Kier alpha value is -4.82. The van der Waals surface area contributed by atoms with E-state index < -0.39 is 65.3 Å². The van der Waals surface area contributed by atoms with Crippen LogP contribution >= 0.6 is 0 Å². The molecule has 3 aliphatic rings. The molecule has 0 unspecified atom stereocenters. The van der Waals surface area contributed by atoms with Crippen molar-refractivity contribution in [2.45, 2.75) is 75.6 Å². The van der Waals surface area contributed by atoms with Crippen molar-refractivity contribution < 1.29 is 51.3 Å². The molecule has 1 saturated heterocycles. The predicted molar refractivity (Wildman–Crippen MR) is 183 cm³/mol. The molecule has 1 saturated carbocycles. The van der Waals surface area contributed by atoms with E-state index in [0.717, 1.165) is 41.7 Å². The van der Waals surface area contributed by atoms with Gasteiger partial charge < -0.3 is 30.1 Å². The largest absolute Gasteiger partial charge is 0.488 e. The molecule has 3 aromatic carbocycles. The maximum Gasteiger partial charge on any atom is 0.305 e. The van der Waals surface area contributed by atoms with Gasteiger partial charge in [0.25, 0.3) is 5.91 Å². The molecule has 14 heteroatoms. The third-order valence-electron chi connectivity index (χ3n) is 9.87. The Morgan fingerprint density at radius 1 is 0.887 bits per heavy atom.